The molecule has 0 bridgehead atoms. The van der Waals surface area contributed by atoms with E-state index in [2.05, 4.69) is 6.92 Å². The highest BCUT2D eigenvalue weighted by atomic mass is 16.6. The van der Waals surface area contributed by atoms with Gasteiger partial charge in [0.2, 0.25) is 0 Å². The third-order valence-electron chi connectivity index (χ3n) is 5.85. The van der Waals surface area contributed by atoms with Crippen molar-refractivity contribution in [2.45, 2.75) is 84.0 Å². The number of rotatable bonds is 17. The van der Waals surface area contributed by atoms with Gasteiger partial charge in [-0.1, -0.05) is 77.6 Å². The molecular weight excluding hydrogens is 446 g/mol. The summed E-state index contributed by atoms with van der Waals surface area (Å²) in [6.07, 6.45) is 15.0. The molecule has 0 amide bonds. The Morgan fingerprint density at radius 1 is 0.686 bits per heavy atom. The molecule has 0 unspecified atom stereocenters. The molecule has 2 aromatic carbocycles. The zero-order valence-electron chi connectivity index (χ0n) is 20.7. The van der Waals surface area contributed by atoms with Crippen LogP contribution in [0.25, 0.3) is 0 Å². The summed E-state index contributed by atoms with van der Waals surface area (Å²) >= 11 is 0. The van der Waals surface area contributed by atoms with Gasteiger partial charge in [0.15, 0.2) is 0 Å². The van der Waals surface area contributed by atoms with Crippen LogP contribution >= 0.6 is 0 Å². The fourth-order valence-electron chi connectivity index (χ4n) is 3.74. The van der Waals surface area contributed by atoms with Gasteiger partial charge in [0, 0.05) is 12.1 Å². The van der Waals surface area contributed by atoms with E-state index in [1.165, 1.54) is 113 Å². The van der Waals surface area contributed by atoms with Gasteiger partial charge in [-0.3, -0.25) is 10.1 Å². The molecule has 0 saturated carbocycles. The standard InChI is InChI=1S/C28H37NO6/c1-2-3-4-5-6-7-8-9-10-11-12-13-22-34-27(30)23-14-16-24(17-15-23)28(31)35-26-20-18-25(19-21-26)29(32)33/h14-21H,2-13,22H2,1H3. The summed E-state index contributed by atoms with van der Waals surface area (Å²) in [5.74, 6) is -0.829. The van der Waals surface area contributed by atoms with Crippen molar-refractivity contribution in [1.29, 1.82) is 0 Å². The Balaban J connectivity index is 1.58. The first-order valence-corrected chi connectivity index (χ1v) is 12.7. The summed E-state index contributed by atoms with van der Waals surface area (Å²) in [7, 11) is 0. The van der Waals surface area contributed by atoms with E-state index < -0.39 is 16.9 Å². The number of hydrogen-bond acceptors (Lipinski definition) is 6. The lowest BCUT2D eigenvalue weighted by molar-refractivity contribution is -0.384. The van der Waals surface area contributed by atoms with Crippen LogP contribution in [0.5, 0.6) is 5.75 Å². The molecule has 0 aliphatic heterocycles. The summed E-state index contributed by atoms with van der Waals surface area (Å²) < 4.78 is 10.5. The van der Waals surface area contributed by atoms with Crippen LogP contribution in [0, 0.1) is 10.1 Å². The molecule has 0 aliphatic rings. The van der Waals surface area contributed by atoms with Crippen LogP contribution in [0.3, 0.4) is 0 Å². The number of ether oxygens (including phenoxy) is 2. The van der Waals surface area contributed by atoms with Crippen LogP contribution in [0.4, 0.5) is 5.69 Å². The third-order valence-corrected chi connectivity index (χ3v) is 5.85. The lowest BCUT2D eigenvalue weighted by atomic mass is 10.1. The van der Waals surface area contributed by atoms with Crippen LogP contribution in [-0.4, -0.2) is 23.5 Å². The highest BCUT2D eigenvalue weighted by Gasteiger charge is 2.13. The lowest BCUT2D eigenvalue weighted by Crippen LogP contribution is -2.10. The van der Waals surface area contributed by atoms with Gasteiger partial charge in [-0.05, 0) is 42.8 Å². The molecule has 0 fully saturated rings. The summed E-state index contributed by atoms with van der Waals surface area (Å²) in [6.45, 7) is 2.63. The molecule has 7 heteroatoms. The minimum atomic E-state index is -0.615. The number of nitro benzene ring substituents is 1. The molecule has 7 nitrogen and oxygen atoms in total. The molecule has 2 rings (SSSR count). The zero-order chi connectivity index (χ0) is 25.3. The molecular formula is C28H37NO6. The number of nitro groups is 1. The molecule has 0 atom stereocenters. The Hall–Kier alpha value is -3.22. The first-order valence-electron chi connectivity index (χ1n) is 12.7. The lowest BCUT2D eigenvalue weighted by Gasteiger charge is -2.07. The zero-order valence-corrected chi connectivity index (χ0v) is 20.7. The van der Waals surface area contributed by atoms with Crippen molar-refractivity contribution in [2.24, 2.45) is 0 Å². The average molecular weight is 484 g/mol. The molecule has 0 heterocycles. The minimum Gasteiger partial charge on any atom is -0.462 e. The van der Waals surface area contributed by atoms with E-state index in [4.69, 9.17) is 9.47 Å². The van der Waals surface area contributed by atoms with Crippen LogP contribution < -0.4 is 4.74 Å². The van der Waals surface area contributed by atoms with E-state index >= 15 is 0 Å². The van der Waals surface area contributed by atoms with Gasteiger partial charge >= 0.3 is 11.9 Å². The number of carbonyl (C=O) groups excluding carboxylic acids is 2. The van der Waals surface area contributed by atoms with Crippen LogP contribution in [0.2, 0.25) is 0 Å². The fourth-order valence-corrected chi connectivity index (χ4v) is 3.74. The Labute approximate surface area is 208 Å². The summed E-state index contributed by atoms with van der Waals surface area (Å²) in [6, 6.07) is 11.3. The molecule has 35 heavy (non-hydrogen) atoms. The van der Waals surface area contributed by atoms with Crippen LogP contribution in [0.15, 0.2) is 48.5 Å². The first-order chi connectivity index (χ1) is 17.0. The summed E-state index contributed by atoms with van der Waals surface area (Å²) in [4.78, 5) is 34.6. The van der Waals surface area contributed by atoms with Crippen molar-refractivity contribution in [3.05, 3.63) is 69.8 Å². The van der Waals surface area contributed by atoms with Crippen molar-refractivity contribution in [3.63, 3.8) is 0 Å². The molecule has 2 aromatic rings. The fraction of sp³-hybridized carbons (Fsp3) is 0.500. The van der Waals surface area contributed by atoms with Crippen molar-refractivity contribution in [2.75, 3.05) is 6.61 Å². The molecule has 0 radical (unpaired) electrons. The van der Waals surface area contributed by atoms with E-state index in [0.717, 1.165) is 12.8 Å². The second kappa shape index (κ2) is 16.4. The van der Waals surface area contributed by atoms with Gasteiger partial charge in [0.1, 0.15) is 5.75 Å². The number of benzene rings is 2. The number of non-ortho nitro benzene ring substituents is 1. The second-order valence-corrected chi connectivity index (χ2v) is 8.74. The Morgan fingerprint density at radius 3 is 1.63 bits per heavy atom. The van der Waals surface area contributed by atoms with Gasteiger partial charge in [0.05, 0.1) is 22.7 Å². The van der Waals surface area contributed by atoms with Crippen molar-refractivity contribution < 1.29 is 24.0 Å². The van der Waals surface area contributed by atoms with Gasteiger partial charge in [-0.2, -0.15) is 0 Å². The van der Waals surface area contributed by atoms with Crippen molar-refractivity contribution in [1.82, 2.24) is 0 Å². The smallest absolute Gasteiger partial charge is 0.343 e. The Morgan fingerprint density at radius 2 is 1.14 bits per heavy atom. The Bertz CT molecular complexity index is 908. The molecule has 0 spiro atoms. The second-order valence-electron chi connectivity index (χ2n) is 8.74. The van der Waals surface area contributed by atoms with Crippen LogP contribution in [-0.2, 0) is 4.74 Å². The number of nitrogens with zero attached hydrogens (tertiary/aromatic N) is 1. The first kappa shape index (κ1) is 28.0. The van der Waals surface area contributed by atoms with E-state index in [0.29, 0.717) is 12.2 Å². The SMILES string of the molecule is CCCCCCCCCCCCCCOC(=O)c1ccc(C(=O)Oc2ccc([N+](=O)[O-])cc2)cc1. The van der Waals surface area contributed by atoms with Gasteiger partial charge in [-0.25, -0.2) is 9.59 Å². The minimum absolute atomic E-state index is 0.0869. The molecule has 0 aliphatic carbocycles. The normalized spacial score (nSPS) is 10.7. The highest BCUT2D eigenvalue weighted by molar-refractivity contribution is 5.94. The number of esters is 2. The van der Waals surface area contributed by atoms with E-state index in [1.54, 1.807) is 0 Å². The maximum Gasteiger partial charge on any atom is 0.343 e. The van der Waals surface area contributed by atoms with Crippen molar-refractivity contribution in [3.8, 4) is 5.75 Å². The number of hydrogen-bond donors (Lipinski definition) is 0. The summed E-state index contributed by atoms with van der Waals surface area (Å²) in [5.41, 5.74) is 0.549. The third kappa shape index (κ3) is 11.2. The molecule has 0 N–H and O–H groups in total. The average Bonchev–Trinajstić information content (AvgIpc) is 2.87. The van der Waals surface area contributed by atoms with Crippen molar-refractivity contribution >= 4 is 17.6 Å². The predicted molar refractivity (Wildman–Crippen MR) is 136 cm³/mol. The highest BCUT2D eigenvalue weighted by Crippen LogP contribution is 2.19. The van der Waals surface area contributed by atoms with Gasteiger partial charge in [-0.15, -0.1) is 0 Å². The van der Waals surface area contributed by atoms with E-state index in [-0.39, 0.29) is 17.0 Å². The summed E-state index contributed by atoms with van der Waals surface area (Å²) in [5, 5.41) is 10.7. The maximum absolute atomic E-state index is 12.3. The van der Waals surface area contributed by atoms with Gasteiger partial charge < -0.3 is 9.47 Å². The monoisotopic (exact) mass is 483 g/mol. The molecule has 190 valence electrons. The largest absolute Gasteiger partial charge is 0.462 e. The van der Waals surface area contributed by atoms with Gasteiger partial charge in [0.25, 0.3) is 5.69 Å². The van der Waals surface area contributed by atoms with E-state index in [9.17, 15) is 19.7 Å². The number of carbonyl (C=O) groups is 2. The quantitative estimate of drug-likeness (QED) is 0.0753. The maximum atomic E-state index is 12.3. The topological polar surface area (TPSA) is 95.7 Å². The molecule has 0 saturated heterocycles. The van der Waals surface area contributed by atoms with Crippen LogP contribution in [0.1, 0.15) is 105 Å². The molecule has 0 aromatic heterocycles. The predicted octanol–water partition coefficient (Wildman–Crippen LogP) is 7.67. The number of unbranched alkanes of at least 4 members (excludes halogenated alkanes) is 11. The van der Waals surface area contributed by atoms with E-state index in [1.807, 2.05) is 0 Å². The Kier molecular flexibility index (Phi) is 13.1.